The summed E-state index contributed by atoms with van der Waals surface area (Å²) < 4.78 is 81.6. The maximum absolute atomic E-state index is 14.2. The van der Waals surface area contributed by atoms with Crippen molar-refractivity contribution >= 4 is 23.4 Å². The van der Waals surface area contributed by atoms with Crippen molar-refractivity contribution in [2.24, 2.45) is 0 Å². The van der Waals surface area contributed by atoms with Gasteiger partial charge in [0.1, 0.15) is 5.56 Å². The molecule has 0 bridgehead atoms. The Labute approximate surface area is 242 Å². The van der Waals surface area contributed by atoms with Crippen LogP contribution < -0.4 is 5.32 Å². The van der Waals surface area contributed by atoms with Crippen LogP contribution >= 0.6 is 11.8 Å². The van der Waals surface area contributed by atoms with Gasteiger partial charge < -0.3 is 19.9 Å². The van der Waals surface area contributed by atoms with Gasteiger partial charge in [-0.05, 0) is 35.4 Å². The van der Waals surface area contributed by atoms with Crippen molar-refractivity contribution in [3.63, 3.8) is 0 Å². The molecule has 3 atom stereocenters. The van der Waals surface area contributed by atoms with E-state index in [1.54, 1.807) is 30.0 Å². The average Bonchev–Trinajstić information content (AvgIpc) is 3.02. The Bertz CT molecular complexity index is 1540. The molecule has 0 aromatic heterocycles. The van der Waals surface area contributed by atoms with Gasteiger partial charge in [0, 0.05) is 28.3 Å². The molecular formula is C31H24F5NO4S. The SMILES string of the molecule is O=C(Nc1cccc(C2OC(CSc3ccccc3)CC(c3ccc(CO)cc3)O2)c1)c1c(F)c(F)c(F)c(F)c1F. The number of hydrogen-bond acceptors (Lipinski definition) is 5. The first-order chi connectivity index (χ1) is 20.2. The fourth-order valence-electron chi connectivity index (χ4n) is 4.49. The van der Waals surface area contributed by atoms with Crippen LogP contribution in [0.1, 0.15) is 45.9 Å². The van der Waals surface area contributed by atoms with Crippen molar-refractivity contribution in [2.75, 3.05) is 11.1 Å². The van der Waals surface area contributed by atoms with Crippen LogP contribution in [0.2, 0.25) is 0 Å². The summed E-state index contributed by atoms with van der Waals surface area (Å²) in [6.45, 7) is -0.0998. The summed E-state index contributed by atoms with van der Waals surface area (Å²) in [5.74, 6) is -12.1. The topological polar surface area (TPSA) is 67.8 Å². The molecule has 3 unspecified atom stereocenters. The Morgan fingerprint density at radius 1 is 0.810 bits per heavy atom. The standard InChI is InChI=1S/C31H24F5NO4S/c32-25-24(26(33)28(35)29(36)27(25)34)30(39)37-20-6-4-5-19(13-20)31-40-21(16-42-22-7-2-1-3-8-22)14-23(41-31)18-11-9-17(15-38)10-12-18/h1-13,21,23,31,38H,14-16H2,(H,37,39). The third-order valence-corrected chi connectivity index (χ3v) is 7.79. The van der Waals surface area contributed by atoms with Crippen LogP contribution in [0.5, 0.6) is 0 Å². The van der Waals surface area contributed by atoms with E-state index in [0.717, 1.165) is 16.0 Å². The summed E-state index contributed by atoms with van der Waals surface area (Å²) in [4.78, 5) is 13.7. The van der Waals surface area contributed by atoms with E-state index in [1.807, 2.05) is 42.5 Å². The molecule has 4 aromatic carbocycles. The zero-order valence-corrected chi connectivity index (χ0v) is 22.6. The van der Waals surface area contributed by atoms with Crippen molar-refractivity contribution in [1.29, 1.82) is 0 Å². The highest BCUT2D eigenvalue weighted by Crippen LogP contribution is 2.40. The van der Waals surface area contributed by atoms with Crippen LogP contribution in [-0.4, -0.2) is 22.9 Å². The summed E-state index contributed by atoms with van der Waals surface area (Å²) in [5.41, 5.74) is 0.503. The fourth-order valence-corrected chi connectivity index (χ4v) is 5.43. The molecule has 0 aliphatic carbocycles. The predicted octanol–water partition coefficient (Wildman–Crippen LogP) is 7.46. The molecule has 0 spiro atoms. The van der Waals surface area contributed by atoms with Gasteiger partial charge in [0.2, 0.25) is 5.82 Å². The molecule has 1 fully saturated rings. The molecule has 5 rings (SSSR count). The van der Waals surface area contributed by atoms with Gasteiger partial charge >= 0.3 is 0 Å². The molecule has 1 aliphatic heterocycles. The second-order valence-electron chi connectivity index (χ2n) is 9.50. The highest BCUT2D eigenvalue weighted by Gasteiger charge is 2.33. The number of carbonyl (C=O) groups excluding carboxylic acids is 1. The van der Waals surface area contributed by atoms with Gasteiger partial charge in [0.15, 0.2) is 29.6 Å². The van der Waals surface area contributed by atoms with Crippen LogP contribution in [0.15, 0.2) is 83.8 Å². The first kappa shape index (κ1) is 29.7. The minimum Gasteiger partial charge on any atom is -0.392 e. The Balaban J connectivity index is 1.38. The molecule has 218 valence electrons. The summed E-state index contributed by atoms with van der Waals surface area (Å²) in [5, 5.41) is 11.6. The fraction of sp³-hybridized carbons (Fsp3) is 0.194. The lowest BCUT2D eigenvalue weighted by molar-refractivity contribution is -0.245. The zero-order valence-electron chi connectivity index (χ0n) is 21.8. The van der Waals surface area contributed by atoms with Crippen LogP contribution in [0.3, 0.4) is 0 Å². The summed E-state index contributed by atoms with van der Waals surface area (Å²) in [6.07, 6.45) is -1.02. The number of hydrogen-bond donors (Lipinski definition) is 2. The molecule has 1 amide bonds. The molecule has 0 radical (unpaired) electrons. The number of rotatable bonds is 8. The van der Waals surface area contributed by atoms with Crippen molar-refractivity contribution in [3.8, 4) is 0 Å². The summed E-state index contributed by atoms with van der Waals surface area (Å²) in [7, 11) is 0. The van der Waals surface area contributed by atoms with Crippen molar-refractivity contribution in [2.45, 2.75) is 36.4 Å². The second kappa shape index (κ2) is 13.0. The maximum atomic E-state index is 14.2. The van der Waals surface area contributed by atoms with Crippen LogP contribution in [0.4, 0.5) is 27.6 Å². The number of carbonyl (C=O) groups is 1. The van der Waals surface area contributed by atoms with Gasteiger partial charge in [0.25, 0.3) is 5.91 Å². The number of benzene rings is 4. The zero-order chi connectivity index (χ0) is 29.8. The van der Waals surface area contributed by atoms with E-state index in [2.05, 4.69) is 5.32 Å². The van der Waals surface area contributed by atoms with E-state index in [4.69, 9.17) is 9.47 Å². The highest BCUT2D eigenvalue weighted by molar-refractivity contribution is 7.99. The lowest BCUT2D eigenvalue weighted by atomic mass is 10.0. The number of amides is 1. The predicted molar refractivity (Wildman–Crippen MR) is 146 cm³/mol. The number of nitrogens with one attached hydrogen (secondary N) is 1. The maximum Gasteiger partial charge on any atom is 0.261 e. The molecule has 0 saturated carbocycles. The van der Waals surface area contributed by atoms with Gasteiger partial charge in [0.05, 0.1) is 18.8 Å². The Morgan fingerprint density at radius 2 is 1.48 bits per heavy atom. The summed E-state index contributed by atoms with van der Waals surface area (Å²) in [6, 6.07) is 23.1. The van der Waals surface area contributed by atoms with E-state index < -0.39 is 46.8 Å². The average molecular weight is 602 g/mol. The van der Waals surface area contributed by atoms with Crippen molar-refractivity contribution in [3.05, 3.63) is 130 Å². The quantitative estimate of drug-likeness (QED) is 0.0950. The van der Waals surface area contributed by atoms with E-state index in [0.29, 0.717) is 17.7 Å². The third kappa shape index (κ3) is 6.49. The minimum absolute atomic E-state index is 0.0262. The minimum atomic E-state index is -2.35. The Hall–Kier alpha value is -3.77. The smallest absolute Gasteiger partial charge is 0.261 e. The first-order valence-electron chi connectivity index (χ1n) is 12.9. The van der Waals surface area contributed by atoms with E-state index in [9.17, 15) is 31.9 Å². The van der Waals surface area contributed by atoms with Gasteiger partial charge in [-0.2, -0.15) is 0 Å². The van der Waals surface area contributed by atoms with Crippen LogP contribution in [0.25, 0.3) is 0 Å². The molecule has 1 saturated heterocycles. The monoisotopic (exact) mass is 601 g/mol. The number of ether oxygens (including phenoxy) is 2. The number of aliphatic hydroxyl groups excluding tert-OH is 1. The van der Waals surface area contributed by atoms with E-state index in [-0.39, 0.29) is 24.5 Å². The second-order valence-corrected chi connectivity index (χ2v) is 10.6. The molecule has 5 nitrogen and oxygen atoms in total. The summed E-state index contributed by atoms with van der Waals surface area (Å²) >= 11 is 1.61. The van der Waals surface area contributed by atoms with E-state index >= 15 is 0 Å². The first-order valence-corrected chi connectivity index (χ1v) is 13.8. The van der Waals surface area contributed by atoms with Gasteiger partial charge in [-0.15, -0.1) is 11.8 Å². The Kier molecular flexibility index (Phi) is 9.22. The van der Waals surface area contributed by atoms with Gasteiger partial charge in [-0.3, -0.25) is 4.79 Å². The molecule has 42 heavy (non-hydrogen) atoms. The molecule has 1 aliphatic rings. The lowest BCUT2D eigenvalue weighted by Gasteiger charge is -2.36. The third-order valence-electron chi connectivity index (χ3n) is 6.65. The van der Waals surface area contributed by atoms with Crippen molar-refractivity contribution in [1.82, 2.24) is 0 Å². The van der Waals surface area contributed by atoms with Gasteiger partial charge in [-0.25, -0.2) is 22.0 Å². The molecule has 11 heteroatoms. The molecule has 4 aromatic rings. The van der Waals surface area contributed by atoms with Crippen LogP contribution in [-0.2, 0) is 16.1 Å². The molecule has 1 heterocycles. The molecular weight excluding hydrogens is 577 g/mol. The lowest BCUT2D eigenvalue weighted by Crippen LogP contribution is -2.31. The number of anilines is 1. The molecule has 2 N–H and O–H groups in total. The van der Waals surface area contributed by atoms with E-state index in [1.165, 1.54) is 18.2 Å². The highest BCUT2D eigenvalue weighted by atomic mass is 32.2. The van der Waals surface area contributed by atoms with Crippen LogP contribution in [0, 0.1) is 29.1 Å². The largest absolute Gasteiger partial charge is 0.392 e. The Morgan fingerprint density at radius 3 is 2.14 bits per heavy atom. The van der Waals surface area contributed by atoms with Crippen molar-refractivity contribution < 1.29 is 41.3 Å². The number of halogens is 5. The van der Waals surface area contributed by atoms with Gasteiger partial charge in [-0.1, -0.05) is 54.6 Å². The number of aliphatic hydroxyl groups is 1. The normalized spacial score (nSPS) is 18.6. The number of thioether (sulfide) groups is 1.